The molecule has 0 fully saturated rings. The summed E-state index contributed by atoms with van der Waals surface area (Å²) in [5.41, 5.74) is 0. The Balaban J connectivity index is 2.25. The maximum atomic E-state index is 14.3. The van der Waals surface area contributed by atoms with Crippen molar-refractivity contribution in [3.8, 4) is 0 Å². The number of hydrogen-bond acceptors (Lipinski definition) is 0. The second-order valence-electron chi connectivity index (χ2n) is 8.56. The van der Waals surface area contributed by atoms with Crippen molar-refractivity contribution in [2.45, 2.75) is 46.4 Å². The SMILES string of the molecule is [CH3][Ge]([CH3])([F])[CH2]CCP(c1ccccc1)P(CC[CH2][Ge]([CH3])([CH3])[F])c1ccccc1. The third kappa shape index (κ3) is 9.37. The van der Waals surface area contributed by atoms with Crippen molar-refractivity contribution in [3.63, 3.8) is 0 Å². The van der Waals surface area contributed by atoms with Crippen molar-refractivity contribution in [1.82, 2.24) is 0 Å². The summed E-state index contributed by atoms with van der Waals surface area (Å²) in [6, 6.07) is 21.7. The van der Waals surface area contributed by atoms with Gasteiger partial charge in [-0.25, -0.2) is 0 Å². The summed E-state index contributed by atoms with van der Waals surface area (Å²) in [7, 11) is -0.739. The van der Waals surface area contributed by atoms with E-state index in [-0.39, 0.29) is 15.2 Å². The van der Waals surface area contributed by atoms with E-state index in [1.54, 1.807) is 0 Å². The zero-order valence-electron chi connectivity index (χ0n) is 17.7. The van der Waals surface area contributed by atoms with Crippen LogP contribution in [0.2, 0.25) is 33.5 Å². The number of halogens is 2. The third-order valence-corrected chi connectivity index (χ3v) is 19.3. The van der Waals surface area contributed by atoms with Crippen molar-refractivity contribution >= 4 is 53.3 Å². The first-order valence-corrected chi connectivity index (χ1v) is 26.9. The van der Waals surface area contributed by atoms with Gasteiger partial charge in [0.15, 0.2) is 0 Å². The fourth-order valence-electron chi connectivity index (χ4n) is 3.28. The molecule has 0 bridgehead atoms. The molecular formula is C22H34F2Ge2P2. The number of hydrogen-bond donors (Lipinski definition) is 0. The third-order valence-electron chi connectivity index (χ3n) is 4.68. The van der Waals surface area contributed by atoms with E-state index in [1.165, 1.54) is 10.6 Å². The average Bonchev–Trinajstić information content (AvgIpc) is 2.63. The molecule has 0 aliphatic carbocycles. The van der Waals surface area contributed by atoms with Gasteiger partial charge in [0.05, 0.1) is 0 Å². The standard InChI is InChI=1S/C22H34F2Ge2P2/c1-25(2,23)17-11-19-27(21-13-7-5-8-14-21)28(20-12-18-26(3,4)24)22-15-9-6-10-16-22/h5-10,13-16H,11-12,17-20H2,1-4H3. The second kappa shape index (κ2) is 11.6. The fourth-order valence-corrected chi connectivity index (χ4v) is 17.1. The second-order valence-corrected chi connectivity index (χ2v) is 31.5. The summed E-state index contributed by atoms with van der Waals surface area (Å²) in [5, 5.41) is 4.43. The molecule has 0 spiro atoms. The van der Waals surface area contributed by atoms with Crippen LogP contribution in [0, 0.1) is 0 Å². The van der Waals surface area contributed by atoms with Gasteiger partial charge in [0.1, 0.15) is 0 Å². The monoisotopic (exact) mass is 546 g/mol. The van der Waals surface area contributed by atoms with E-state index in [1.807, 2.05) is 23.0 Å². The molecule has 0 aliphatic heterocycles. The molecule has 0 heterocycles. The van der Waals surface area contributed by atoms with E-state index in [9.17, 15) is 7.00 Å². The molecule has 0 aliphatic rings. The van der Waals surface area contributed by atoms with E-state index in [0.717, 1.165) is 35.7 Å². The van der Waals surface area contributed by atoms with E-state index >= 15 is 0 Å². The molecule has 154 valence electrons. The Morgan fingerprint density at radius 1 is 0.607 bits per heavy atom. The Bertz CT molecular complexity index is 624. The zero-order valence-corrected chi connectivity index (χ0v) is 23.7. The van der Waals surface area contributed by atoms with Gasteiger partial charge in [0, 0.05) is 0 Å². The van der Waals surface area contributed by atoms with E-state index in [4.69, 9.17) is 0 Å². The summed E-state index contributed by atoms with van der Waals surface area (Å²) in [6.07, 6.45) is 4.17. The van der Waals surface area contributed by atoms with Gasteiger partial charge in [-0.3, -0.25) is 0 Å². The average molecular weight is 544 g/mol. The summed E-state index contributed by atoms with van der Waals surface area (Å²) in [6.45, 7) is 0. The molecular weight excluding hydrogens is 509 g/mol. The Kier molecular flexibility index (Phi) is 10.1. The summed E-state index contributed by atoms with van der Waals surface area (Å²) in [5.74, 6) is 7.45. The molecule has 2 aromatic carbocycles. The molecule has 28 heavy (non-hydrogen) atoms. The van der Waals surface area contributed by atoms with Crippen molar-refractivity contribution in [1.29, 1.82) is 0 Å². The van der Waals surface area contributed by atoms with E-state index in [2.05, 4.69) is 60.7 Å². The summed E-state index contributed by atoms with van der Waals surface area (Å²) < 4.78 is 28.5. The van der Waals surface area contributed by atoms with E-state index in [0.29, 0.717) is 0 Å². The summed E-state index contributed by atoms with van der Waals surface area (Å²) >= 11 is -6.01. The predicted octanol–water partition coefficient (Wildman–Crippen LogP) is 7.65. The molecule has 0 amide bonds. The minimum atomic E-state index is -3.00. The molecule has 0 saturated heterocycles. The predicted molar refractivity (Wildman–Crippen MR) is 132 cm³/mol. The normalized spacial score (nSPS) is 14.6. The van der Waals surface area contributed by atoms with Gasteiger partial charge in [0.2, 0.25) is 0 Å². The molecule has 2 unspecified atom stereocenters. The Morgan fingerprint density at radius 3 is 1.21 bits per heavy atom. The first-order chi connectivity index (χ1) is 13.2. The van der Waals surface area contributed by atoms with Crippen LogP contribution in [-0.2, 0) is 0 Å². The Labute approximate surface area is 179 Å². The summed E-state index contributed by atoms with van der Waals surface area (Å²) in [4.78, 5) is 0. The Hall–Kier alpha value is 0.246. The molecule has 0 nitrogen and oxygen atoms in total. The van der Waals surface area contributed by atoms with Gasteiger partial charge < -0.3 is 0 Å². The molecule has 2 atom stereocenters. The molecule has 6 heteroatoms. The molecule has 2 aromatic rings. The molecule has 0 saturated carbocycles. The van der Waals surface area contributed by atoms with Crippen LogP contribution in [-0.4, -0.2) is 39.8 Å². The van der Waals surface area contributed by atoms with Gasteiger partial charge in [-0.05, 0) is 0 Å². The zero-order chi connectivity index (χ0) is 20.6. The molecule has 2 rings (SSSR count). The van der Waals surface area contributed by atoms with Gasteiger partial charge in [-0.2, -0.15) is 0 Å². The van der Waals surface area contributed by atoms with Crippen LogP contribution in [0.3, 0.4) is 0 Å². The minimum absolute atomic E-state index is 0.369. The van der Waals surface area contributed by atoms with Crippen LogP contribution in [0.1, 0.15) is 12.8 Å². The molecule has 0 N–H and O–H groups in total. The van der Waals surface area contributed by atoms with Crippen molar-refractivity contribution in [3.05, 3.63) is 60.7 Å². The van der Waals surface area contributed by atoms with Gasteiger partial charge in [0.25, 0.3) is 0 Å². The van der Waals surface area contributed by atoms with Crippen LogP contribution in [0.4, 0.5) is 7.00 Å². The van der Waals surface area contributed by atoms with Crippen LogP contribution >= 0.6 is 15.2 Å². The van der Waals surface area contributed by atoms with Crippen molar-refractivity contribution in [2.75, 3.05) is 12.3 Å². The maximum absolute atomic E-state index is 14.3. The van der Waals surface area contributed by atoms with Gasteiger partial charge in [-0.15, -0.1) is 0 Å². The molecule has 0 aromatic heterocycles. The van der Waals surface area contributed by atoms with Crippen LogP contribution in [0.5, 0.6) is 0 Å². The first kappa shape index (κ1) is 24.5. The van der Waals surface area contributed by atoms with Crippen LogP contribution < -0.4 is 10.6 Å². The van der Waals surface area contributed by atoms with Crippen LogP contribution in [0.15, 0.2) is 60.7 Å². The Morgan fingerprint density at radius 2 is 0.929 bits per heavy atom. The number of rotatable bonds is 11. The topological polar surface area (TPSA) is 0 Å². The van der Waals surface area contributed by atoms with Crippen molar-refractivity contribution in [2.24, 2.45) is 0 Å². The molecule has 0 radical (unpaired) electrons. The number of benzene rings is 2. The van der Waals surface area contributed by atoms with E-state index < -0.39 is 27.5 Å². The van der Waals surface area contributed by atoms with Gasteiger partial charge >= 0.3 is 180 Å². The first-order valence-electron chi connectivity index (χ1n) is 10.2. The fraction of sp³-hybridized carbons (Fsp3) is 0.455. The van der Waals surface area contributed by atoms with Crippen LogP contribution in [0.25, 0.3) is 0 Å². The van der Waals surface area contributed by atoms with Gasteiger partial charge in [-0.1, -0.05) is 0 Å². The quantitative estimate of drug-likeness (QED) is 0.202. The van der Waals surface area contributed by atoms with Crippen molar-refractivity contribution < 1.29 is 7.00 Å².